The van der Waals surface area contributed by atoms with Crippen LogP contribution in [-0.4, -0.2) is 89.5 Å². The van der Waals surface area contributed by atoms with Crippen LogP contribution >= 0.6 is 0 Å². The molecule has 8 N–H and O–H groups in total. The molecule has 2 fully saturated rings. The van der Waals surface area contributed by atoms with Crippen LogP contribution in [0.15, 0.2) is 72.8 Å². The second-order valence-corrected chi connectivity index (χ2v) is 12.3. The van der Waals surface area contributed by atoms with Gasteiger partial charge in [-0.15, -0.1) is 0 Å². The number of esters is 3. The molecule has 5 rings (SSSR count). The van der Waals surface area contributed by atoms with Gasteiger partial charge in [0.05, 0.1) is 0 Å². The normalized spacial score (nSPS) is 21.6. The van der Waals surface area contributed by atoms with Crippen LogP contribution in [0.3, 0.4) is 0 Å². The maximum absolute atomic E-state index is 13.3. The van der Waals surface area contributed by atoms with Crippen molar-refractivity contribution in [1.29, 1.82) is 0 Å². The molecule has 0 aromatic heterocycles. The number of benzene rings is 3. The first-order valence-electron chi connectivity index (χ1n) is 15.9. The van der Waals surface area contributed by atoms with E-state index < -0.39 is 77.8 Å². The van der Waals surface area contributed by atoms with Crippen LogP contribution in [0.1, 0.15) is 42.4 Å². The molecule has 15 heteroatoms. The zero-order valence-corrected chi connectivity index (χ0v) is 27.3. The molecule has 272 valence electrons. The van der Waals surface area contributed by atoms with Gasteiger partial charge in [-0.05, 0) is 84.2 Å². The van der Waals surface area contributed by atoms with Crippen molar-refractivity contribution >= 4 is 42.0 Å². The average molecular weight is 718 g/mol. The molecular weight excluding hydrogens is 682 g/mol. The highest BCUT2D eigenvalue weighted by atomic mass is 16.6. The summed E-state index contributed by atoms with van der Waals surface area (Å²) >= 11 is 0. The highest BCUT2D eigenvalue weighted by molar-refractivity contribution is 5.90. The van der Waals surface area contributed by atoms with Gasteiger partial charge < -0.3 is 55.3 Å². The second-order valence-electron chi connectivity index (χ2n) is 12.3. The molecule has 2 saturated carbocycles. The number of nitrogens with one attached hydrogen (secondary N) is 1. The number of hydrogen-bond donors (Lipinski definition) is 8. The summed E-state index contributed by atoms with van der Waals surface area (Å²) < 4.78 is 16.8. The molecule has 52 heavy (non-hydrogen) atoms. The van der Waals surface area contributed by atoms with Crippen LogP contribution < -0.4 is 5.32 Å². The van der Waals surface area contributed by atoms with E-state index in [0.29, 0.717) is 29.5 Å². The van der Waals surface area contributed by atoms with E-state index >= 15 is 0 Å². The number of phenolic OH excluding ortho intramolecular Hbond substituents is 6. The summed E-state index contributed by atoms with van der Waals surface area (Å²) in [5.74, 6) is -6.41. The van der Waals surface area contributed by atoms with Crippen molar-refractivity contribution in [3.8, 4) is 34.5 Å². The van der Waals surface area contributed by atoms with Gasteiger partial charge in [0.2, 0.25) is 0 Å². The number of amides is 1. The van der Waals surface area contributed by atoms with E-state index in [1.165, 1.54) is 72.8 Å². The van der Waals surface area contributed by atoms with Crippen LogP contribution in [-0.2, 0) is 33.4 Å². The lowest BCUT2D eigenvalue weighted by molar-refractivity contribution is -0.205. The smallest absolute Gasteiger partial charge is 0.331 e. The first kappa shape index (κ1) is 36.8. The third-order valence-electron chi connectivity index (χ3n) is 8.17. The Morgan fingerprint density at radius 1 is 0.577 bits per heavy atom. The fraction of sp³-hybridized carbons (Fsp3) is 0.243. The van der Waals surface area contributed by atoms with Gasteiger partial charge in [-0.25, -0.2) is 14.4 Å². The number of rotatable bonds is 11. The molecule has 15 nitrogen and oxygen atoms in total. The minimum atomic E-state index is -2.26. The average Bonchev–Trinajstić information content (AvgIpc) is 3.92. The van der Waals surface area contributed by atoms with E-state index in [4.69, 9.17) is 14.2 Å². The molecule has 2 aliphatic carbocycles. The molecule has 0 unspecified atom stereocenters. The number of carbonyl (C=O) groups excluding carboxylic acids is 4. The fourth-order valence-electron chi connectivity index (χ4n) is 5.30. The van der Waals surface area contributed by atoms with Crippen molar-refractivity contribution in [3.05, 3.63) is 89.5 Å². The predicted molar refractivity (Wildman–Crippen MR) is 181 cm³/mol. The summed E-state index contributed by atoms with van der Waals surface area (Å²) in [5.41, 5.74) is -1.38. The predicted octanol–water partition coefficient (Wildman–Crippen LogP) is 2.90. The van der Waals surface area contributed by atoms with Gasteiger partial charge in [0.1, 0.15) is 12.2 Å². The summed E-state index contributed by atoms with van der Waals surface area (Å²) in [6.07, 6.45) is 2.10. The van der Waals surface area contributed by atoms with Crippen molar-refractivity contribution in [2.24, 2.45) is 0 Å². The van der Waals surface area contributed by atoms with Gasteiger partial charge in [0, 0.05) is 37.1 Å². The number of carbonyl (C=O) groups is 4. The van der Waals surface area contributed by atoms with E-state index in [-0.39, 0.29) is 23.3 Å². The largest absolute Gasteiger partial charge is 0.504 e. The fourth-order valence-corrected chi connectivity index (χ4v) is 5.30. The first-order valence-corrected chi connectivity index (χ1v) is 15.9. The van der Waals surface area contributed by atoms with E-state index in [0.717, 1.165) is 18.2 Å². The Kier molecular flexibility index (Phi) is 11.0. The van der Waals surface area contributed by atoms with Crippen molar-refractivity contribution in [1.82, 2.24) is 5.32 Å². The molecule has 0 bridgehead atoms. The zero-order chi connectivity index (χ0) is 37.6. The Morgan fingerprint density at radius 3 is 1.29 bits per heavy atom. The van der Waals surface area contributed by atoms with Crippen molar-refractivity contribution in [3.63, 3.8) is 0 Å². The zero-order valence-electron chi connectivity index (χ0n) is 27.3. The van der Waals surface area contributed by atoms with E-state index in [1.807, 2.05) is 0 Å². The van der Waals surface area contributed by atoms with Crippen molar-refractivity contribution < 1.29 is 69.1 Å². The van der Waals surface area contributed by atoms with Gasteiger partial charge in [0.25, 0.3) is 5.91 Å². The topological polar surface area (TPSA) is 250 Å². The Labute approximate surface area is 295 Å². The number of phenols is 6. The highest BCUT2D eigenvalue weighted by Crippen LogP contribution is 2.36. The lowest BCUT2D eigenvalue weighted by atomic mass is 9.78. The summed E-state index contributed by atoms with van der Waals surface area (Å²) in [6.45, 7) is 0. The maximum atomic E-state index is 13.3. The lowest BCUT2D eigenvalue weighted by Gasteiger charge is -2.43. The lowest BCUT2D eigenvalue weighted by Crippen LogP contribution is -2.61. The Balaban J connectivity index is 1.43. The maximum Gasteiger partial charge on any atom is 0.331 e. The highest BCUT2D eigenvalue weighted by Gasteiger charge is 2.54. The summed E-state index contributed by atoms with van der Waals surface area (Å²) in [4.78, 5) is 52.6. The number of aromatic hydroxyl groups is 6. The Hall–Kier alpha value is -6.48. The monoisotopic (exact) mass is 717 g/mol. The molecule has 0 heterocycles. The molecule has 3 aromatic rings. The third-order valence-corrected chi connectivity index (χ3v) is 8.17. The first-order chi connectivity index (χ1) is 24.7. The summed E-state index contributed by atoms with van der Waals surface area (Å²) in [6, 6.07) is 11.1. The van der Waals surface area contributed by atoms with Crippen molar-refractivity contribution in [2.75, 3.05) is 0 Å². The molecule has 0 spiro atoms. The van der Waals surface area contributed by atoms with Gasteiger partial charge in [-0.1, -0.05) is 18.2 Å². The molecule has 0 aliphatic heterocycles. The standard InChI is InChI=1S/C37H35NO14/c39-24-9-1-20(15-27(24)42)4-12-32(45)50-30-18-37(49,36(48)38-23-7-8-23)19-31(51-33(46)13-5-21-2-10-25(40)28(43)16-21)35(30)52-34(47)14-6-22-3-11-26(41)29(44)17-22/h1-6,9-17,23,30-31,35,39-44,49H,7-8,18-19H2,(H,38,48)/b12-4+,13-5+,14-6+/t30-,31-,35?,37?/m1/s1. The van der Waals surface area contributed by atoms with E-state index in [1.54, 1.807) is 0 Å². The molecule has 0 saturated heterocycles. The number of aliphatic hydroxyl groups is 1. The second kappa shape index (κ2) is 15.6. The summed E-state index contributed by atoms with van der Waals surface area (Å²) in [5, 5.41) is 72.4. The molecule has 3 aromatic carbocycles. The van der Waals surface area contributed by atoms with Crippen LogP contribution in [0.2, 0.25) is 0 Å². The molecule has 2 atom stereocenters. The van der Waals surface area contributed by atoms with E-state index in [9.17, 15) is 54.9 Å². The van der Waals surface area contributed by atoms with E-state index in [2.05, 4.69) is 5.32 Å². The number of hydrogen-bond acceptors (Lipinski definition) is 14. The third kappa shape index (κ3) is 9.60. The molecule has 1 amide bonds. The quantitative estimate of drug-likeness (QED) is 0.0615. The SMILES string of the molecule is O=C(/C=C/c1ccc(O)c(O)c1)OC1[C@H](OC(=O)/C=C/c2ccc(O)c(O)c2)CC(O)(C(=O)NC2CC2)C[C@H]1OC(=O)/C=C/c1ccc(O)c(O)c1. The Bertz CT molecular complexity index is 1860. The van der Waals surface area contributed by atoms with Crippen LogP contribution in [0, 0.1) is 0 Å². The van der Waals surface area contributed by atoms with Gasteiger partial charge in [-0.2, -0.15) is 0 Å². The van der Waals surface area contributed by atoms with Gasteiger partial charge in [0.15, 0.2) is 46.2 Å². The van der Waals surface area contributed by atoms with Crippen LogP contribution in [0.5, 0.6) is 34.5 Å². The minimum absolute atomic E-state index is 0.187. The minimum Gasteiger partial charge on any atom is -0.504 e. The van der Waals surface area contributed by atoms with Crippen molar-refractivity contribution in [2.45, 2.75) is 55.6 Å². The van der Waals surface area contributed by atoms with Gasteiger partial charge >= 0.3 is 17.9 Å². The summed E-state index contributed by atoms with van der Waals surface area (Å²) in [7, 11) is 0. The Morgan fingerprint density at radius 2 is 0.942 bits per heavy atom. The molecule has 0 radical (unpaired) electrons. The molecule has 2 aliphatic rings. The molecular formula is C37H35NO14. The van der Waals surface area contributed by atoms with Crippen LogP contribution in [0.4, 0.5) is 0 Å². The van der Waals surface area contributed by atoms with Crippen LogP contribution in [0.25, 0.3) is 18.2 Å². The number of ether oxygens (including phenoxy) is 3. The van der Waals surface area contributed by atoms with Gasteiger partial charge in [-0.3, -0.25) is 4.79 Å².